The van der Waals surface area contributed by atoms with Crippen LogP contribution in [-0.2, 0) is 4.74 Å². The highest BCUT2D eigenvalue weighted by atomic mass is 16.7. The Kier molecular flexibility index (Phi) is 3.51. The molecule has 98 valence electrons. The molecule has 1 heterocycles. The predicted octanol–water partition coefficient (Wildman–Crippen LogP) is 4.39. The fraction of sp³-hybridized carbons (Fsp3) is 0.294. The monoisotopic (exact) mass is 254 g/mol. The number of rotatable bonds is 3. The van der Waals surface area contributed by atoms with E-state index in [2.05, 4.69) is 24.8 Å². The Bertz CT molecular complexity index is 583. The molecule has 1 aliphatic rings. The third-order valence-corrected chi connectivity index (χ3v) is 3.52. The van der Waals surface area contributed by atoms with Crippen molar-refractivity contribution in [3.8, 4) is 5.75 Å². The van der Waals surface area contributed by atoms with Gasteiger partial charge in [0.25, 0.3) is 0 Å². The van der Waals surface area contributed by atoms with Gasteiger partial charge in [-0.2, -0.15) is 0 Å². The van der Waals surface area contributed by atoms with Crippen LogP contribution in [0.3, 0.4) is 0 Å². The first-order chi connectivity index (χ1) is 9.38. The molecule has 2 aromatic rings. The van der Waals surface area contributed by atoms with Gasteiger partial charge in [0.2, 0.25) is 0 Å². The zero-order valence-corrected chi connectivity index (χ0v) is 11.0. The maximum absolute atomic E-state index is 6.10. The van der Waals surface area contributed by atoms with E-state index in [1.54, 1.807) is 0 Å². The Labute approximate surface area is 113 Å². The summed E-state index contributed by atoms with van der Waals surface area (Å²) in [6.45, 7) is 4.66. The molecule has 2 heteroatoms. The molecule has 1 atom stereocenters. The summed E-state index contributed by atoms with van der Waals surface area (Å²) < 4.78 is 11.8. The van der Waals surface area contributed by atoms with Gasteiger partial charge in [-0.15, -0.1) is 0 Å². The van der Waals surface area contributed by atoms with E-state index in [9.17, 15) is 0 Å². The van der Waals surface area contributed by atoms with Crippen molar-refractivity contribution in [1.29, 1.82) is 0 Å². The number of fused-ring (bicyclic) bond motifs is 1. The van der Waals surface area contributed by atoms with Crippen LogP contribution >= 0.6 is 0 Å². The van der Waals surface area contributed by atoms with Gasteiger partial charge in [-0.3, -0.25) is 0 Å². The lowest BCUT2D eigenvalue weighted by Gasteiger charge is -2.25. The molecule has 0 saturated carbocycles. The minimum atomic E-state index is -0.127. The van der Waals surface area contributed by atoms with E-state index in [-0.39, 0.29) is 6.29 Å². The summed E-state index contributed by atoms with van der Waals surface area (Å²) in [7, 11) is 0. The number of benzene rings is 2. The van der Waals surface area contributed by atoms with Gasteiger partial charge in [0.1, 0.15) is 5.75 Å². The fourth-order valence-electron chi connectivity index (χ4n) is 2.49. The number of hydrogen-bond acceptors (Lipinski definition) is 2. The van der Waals surface area contributed by atoms with Gasteiger partial charge >= 0.3 is 0 Å². The van der Waals surface area contributed by atoms with Crippen molar-refractivity contribution >= 4 is 16.8 Å². The molecular formula is C17H18O2. The standard InChI is InChI=1S/C17H18O2/c1-2-13-10-11-14-7-3-4-8-15(14)17(13)19-16-9-5-6-12-18-16/h2-4,7-8,10-11,16H,1,5-6,9,12H2. The van der Waals surface area contributed by atoms with Crippen molar-refractivity contribution in [2.45, 2.75) is 25.6 Å². The van der Waals surface area contributed by atoms with E-state index in [4.69, 9.17) is 9.47 Å². The van der Waals surface area contributed by atoms with E-state index < -0.39 is 0 Å². The zero-order valence-electron chi connectivity index (χ0n) is 11.0. The Morgan fingerprint density at radius 2 is 2.05 bits per heavy atom. The van der Waals surface area contributed by atoms with Crippen molar-refractivity contribution in [1.82, 2.24) is 0 Å². The summed E-state index contributed by atoms with van der Waals surface area (Å²) in [5.41, 5.74) is 1.02. The van der Waals surface area contributed by atoms with Crippen LogP contribution in [0.4, 0.5) is 0 Å². The first-order valence-electron chi connectivity index (χ1n) is 6.81. The van der Waals surface area contributed by atoms with Gasteiger partial charge in [0, 0.05) is 17.4 Å². The topological polar surface area (TPSA) is 18.5 Å². The molecule has 3 rings (SSSR count). The first-order valence-corrected chi connectivity index (χ1v) is 6.81. The molecule has 1 aliphatic heterocycles. The molecule has 0 N–H and O–H groups in total. The molecule has 2 aromatic carbocycles. The largest absolute Gasteiger partial charge is 0.464 e. The summed E-state index contributed by atoms with van der Waals surface area (Å²) in [6, 6.07) is 12.4. The van der Waals surface area contributed by atoms with Gasteiger partial charge < -0.3 is 9.47 Å². The van der Waals surface area contributed by atoms with Crippen LogP contribution in [0.1, 0.15) is 24.8 Å². The van der Waals surface area contributed by atoms with Crippen LogP contribution in [-0.4, -0.2) is 12.9 Å². The lowest BCUT2D eigenvalue weighted by Crippen LogP contribution is -2.25. The summed E-state index contributed by atoms with van der Waals surface area (Å²) in [5, 5.41) is 2.30. The second-order valence-electron chi connectivity index (χ2n) is 4.82. The Morgan fingerprint density at radius 3 is 2.84 bits per heavy atom. The van der Waals surface area contributed by atoms with E-state index in [0.717, 1.165) is 36.1 Å². The maximum Gasteiger partial charge on any atom is 0.199 e. The smallest absolute Gasteiger partial charge is 0.199 e. The molecule has 0 aromatic heterocycles. The second-order valence-corrected chi connectivity index (χ2v) is 4.82. The summed E-state index contributed by atoms with van der Waals surface area (Å²) in [5.74, 6) is 0.889. The first kappa shape index (κ1) is 12.2. The summed E-state index contributed by atoms with van der Waals surface area (Å²) in [4.78, 5) is 0. The average molecular weight is 254 g/mol. The minimum Gasteiger partial charge on any atom is -0.464 e. The number of ether oxygens (including phenoxy) is 2. The van der Waals surface area contributed by atoms with Crippen LogP contribution in [0.5, 0.6) is 5.75 Å². The Morgan fingerprint density at radius 1 is 1.16 bits per heavy atom. The Balaban J connectivity index is 2.01. The third-order valence-electron chi connectivity index (χ3n) is 3.52. The van der Waals surface area contributed by atoms with Crippen LogP contribution in [0.15, 0.2) is 43.0 Å². The molecule has 0 spiro atoms. The van der Waals surface area contributed by atoms with Crippen molar-refractivity contribution in [2.75, 3.05) is 6.61 Å². The lowest BCUT2D eigenvalue weighted by atomic mass is 10.1. The van der Waals surface area contributed by atoms with Crippen molar-refractivity contribution in [3.63, 3.8) is 0 Å². The second kappa shape index (κ2) is 5.45. The minimum absolute atomic E-state index is 0.127. The van der Waals surface area contributed by atoms with Gasteiger partial charge in [-0.05, 0) is 18.2 Å². The average Bonchev–Trinajstić information content (AvgIpc) is 2.49. The maximum atomic E-state index is 6.10. The highest BCUT2D eigenvalue weighted by molar-refractivity contribution is 5.91. The molecule has 0 aliphatic carbocycles. The molecule has 1 fully saturated rings. The molecule has 2 nitrogen and oxygen atoms in total. The van der Waals surface area contributed by atoms with Gasteiger partial charge in [0.05, 0.1) is 6.61 Å². The molecule has 0 radical (unpaired) electrons. The molecule has 0 bridgehead atoms. The predicted molar refractivity (Wildman–Crippen MR) is 78.3 cm³/mol. The summed E-state index contributed by atoms with van der Waals surface area (Å²) >= 11 is 0. The van der Waals surface area contributed by atoms with E-state index >= 15 is 0 Å². The molecule has 1 unspecified atom stereocenters. The van der Waals surface area contributed by atoms with Crippen LogP contribution in [0.25, 0.3) is 16.8 Å². The van der Waals surface area contributed by atoms with E-state index in [0.29, 0.717) is 0 Å². The summed E-state index contributed by atoms with van der Waals surface area (Å²) in [6.07, 6.45) is 4.96. The number of hydrogen-bond donors (Lipinski definition) is 0. The van der Waals surface area contributed by atoms with Crippen molar-refractivity contribution < 1.29 is 9.47 Å². The van der Waals surface area contributed by atoms with Crippen LogP contribution in [0.2, 0.25) is 0 Å². The molecule has 0 amide bonds. The van der Waals surface area contributed by atoms with Gasteiger partial charge in [0.15, 0.2) is 6.29 Å². The van der Waals surface area contributed by atoms with Crippen molar-refractivity contribution in [2.24, 2.45) is 0 Å². The molecular weight excluding hydrogens is 236 g/mol. The third kappa shape index (κ3) is 2.49. The SMILES string of the molecule is C=Cc1ccc2ccccc2c1OC1CCCCO1. The molecule has 1 saturated heterocycles. The van der Waals surface area contributed by atoms with Crippen molar-refractivity contribution in [3.05, 3.63) is 48.5 Å². The highest BCUT2D eigenvalue weighted by Crippen LogP contribution is 2.32. The van der Waals surface area contributed by atoms with E-state index in [1.807, 2.05) is 24.3 Å². The zero-order chi connectivity index (χ0) is 13.1. The van der Waals surface area contributed by atoms with E-state index in [1.165, 1.54) is 11.8 Å². The van der Waals surface area contributed by atoms with Gasteiger partial charge in [-0.25, -0.2) is 0 Å². The fourth-order valence-corrected chi connectivity index (χ4v) is 2.49. The van der Waals surface area contributed by atoms with Crippen LogP contribution in [0, 0.1) is 0 Å². The molecule has 19 heavy (non-hydrogen) atoms. The Hall–Kier alpha value is -1.80. The quantitative estimate of drug-likeness (QED) is 0.808. The highest BCUT2D eigenvalue weighted by Gasteiger charge is 2.17. The van der Waals surface area contributed by atoms with Gasteiger partial charge in [-0.1, -0.05) is 49.1 Å². The normalized spacial score (nSPS) is 19.3. The van der Waals surface area contributed by atoms with Crippen LogP contribution < -0.4 is 4.74 Å². The lowest BCUT2D eigenvalue weighted by molar-refractivity contribution is -0.105.